The van der Waals surface area contributed by atoms with E-state index in [1.165, 1.54) is 18.3 Å². The van der Waals surface area contributed by atoms with Crippen molar-refractivity contribution in [3.8, 4) is 10.7 Å². The smallest absolute Gasteiger partial charge is 0.245 e. The summed E-state index contributed by atoms with van der Waals surface area (Å²) in [5.41, 5.74) is 0. The van der Waals surface area contributed by atoms with E-state index in [2.05, 4.69) is 26.1 Å². The third-order valence-corrected chi connectivity index (χ3v) is 5.39. The second-order valence-corrected chi connectivity index (χ2v) is 7.75. The molecular formula is C9H9BrN2O3S2. The van der Waals surface area contributed by atoms with Crippen LogP contribution < -0.4 is 0 Å². The molecule has 0 saturated carbocycles. The Kier molecular flexibility index (Phi) is 3.37. The standard InChI is InChI=1S/C9H9BrN2O3S2/c1-5(17(2,13)14)9-11-8(12-15-9)7-3-6(10)4-16-7/h3-5H,1-2H3/t5-/m1/s1. The lowest BCUT2D eigenvalue weighted by molar-refractivity contribution is 0.377. The van der Waals surface area contributed by atoms with Gasteiger partial charge in [-0.15, -0.1) is 11.3 Å². The van der Waals surface area contributed by atoms with Crippen LogP contribution in [0.15, 0.2) is 20.4 Å². The number of hydrogen-bond donors (Lipinski definition) is 0. The lowest BCUT2D eigenvalue weighted by atomic mass is 10.4. The number of halogens is 1. The molecule has 0 amide bonds. The first kappa shape index (κ1) is 12.7. The Bertz CT molecular complexity index is 632. The Hall–Kier alpha value is -0.730. The Morgan fingerprint density at radius 2 is 2.24 bits per heavy atom. The highest BCUT2D eigenvalue weighted by atomic mass is 79.9. The molecule has 17 heavy (non-hydrogen) atoms. The van der Waals surface area contributed by atoms with E-state index in [-0.39, 0.29) is 5.89 Å². The van der Waals surface area contributed by atoms with Crippen molar-refractivity contribution in [1.82, 2.24) is 10.1 Å². The van der Waals surface area contributed by atoms with Crippen molar-refractivity contribution in [2.24, 2.45) is 0 Å². The maximum atomic E-state index is 11.3. The molecule has 0 spiro atoms. The van der Waals surface area contributed by atoms with E-state index < -0.39 is 15.1 Å². The van der Waals surface area contributed by atoms with Crippen LogP contribution in [0, 0.1) is 0 Å². The summed E-state index contributed by atoms with van der Waals surface area (Å²) < 4.78 is 28.6. The van der Waals surface area contributed by atoms with Gasteiger partial charge in [0.05, 0.1) is 4.88 Å². The van der Waals surface area contributed by atoms with Crippen molar-refractivity contribution in [1.29, 1.82) is 0 Å². The molecular weight excluding hydrogens is 328 g/mol. The van der Waals surface area contributed by atoms with Gasteiger partial charge in [-0.05, 0) is 28.9 Å². The molecule has 2 aromatic heterocycles. The molecule has 92 valence electrons. The second kappa shape index (κ2) is 4.51. The normalized spacial score (nSPS) is 13.8. The third-order valence-electron chi connectivity index (χ3n) is 2.22. The van der Waals surface area contributed by atoms with E-state index >= 15 is 0 Å². The third kappa shape index (κ3) is 2.75. The first-order valence-corrected chi connectivity index (χ1v) is 8.27. The number of thiophene rings is 1. The van der Waals surface area contributed by atoms with Crippen LogP contribution in [0.5, 0.6) is 0 Å². The first-order valence-electron chi connectivity index (χ1n) is 4.65. The fourth-order valence-corrected chi connectivity index (χ4v) is 2.93. The van der Waals surface area contributed by atoms with Crippen molar-refractivity contribution in [3.63, 3.8) is 0 Å². The van der Waals surface area contributed by atoms with Crippen LogP contribution in [-0.2, 0) is 9.84 Å². The first-order chi connectivity index (χ1) is 7.88. The molecule has 0 aromatic carbocycles. The van der Waals surface area contributed by atoms with Crippen molar-refractivity contribution in [3.05, 3.63) is 21.8 Å². The van der Waals surface area contributed by atoms with E-state index in [1.54, 1.807) is 0 Å². The van der Waals surface area contributed by atoms with Gasteiger partial charge in [0.25, 0.3) is 0 Å². The average Bonchev–Trinajstić information content (AvgIpc) is 2.83. The minimum atomic E-state index is -3.22. The molecule has 0 aliphatic heterocycles. The van der Waals surface area contributed by atoms with Gasteiger partial charge in [0.1, 0.15) is 5.25 Å². The molecule has 2 heterocycles. The van der Waals surface area contributed by atoms with Crippen LogP contribution >= 0.6 is 27.3 Å². The van der Waals surface area contributed by atoms with Crippen molar-refractivity contribution < 1.29 is 12.9 Å². The predicted molar refractivity (Wildman–Crippen MR) is 68.6 cm³/mol. The summed E-state index contributed by atoms with van der Waals surface area (Å²) in [6, 6.07) is 1.85. The maximum absolute atomic E-state index is 11.3. The summed E-state index contributed by atoms with van der Waals surface area (Å²) >= 11 is 4.78. The Labute approximate surface area is 111 Å². The van der Waals surface area contributed by atoms with Crippen LogP contribution in [0.1, 0.15) is 18.1 Å². The molecule has 0 bridgehead atoms. The second-order valence-electron chi connectivity index (χ2n) is 3.56. The maximum Gasteiger partial charge on any atom is 0.245 e. The van der Waals surface area contributed by atoms with E-state index in [0.29, 0.717) is 5.82 Å². The summed E-state index contributed by atoms with van der Waals surface area (Å²) in [5.74, 6) is 0.526. The summed E-state index contributed by atoms with van der Waals surface area (Å²) in [7, 11) is -3.22. The molecule has 0 saturated heterocycles. The van der Waals surface area contributed by atoms with Gasteiger partial charge in [0, 0.05) is 16.1 Å². The average molecular weight is 337 g/mol. The van der Waals surface area contributed by atoms with E-state index in [4.69, 9.17) is 4.52 Å². The molecule has 0 aliphatic carbocycles. The zero-order valence-electron chi connectivity index (χ0n) is 9.05. The Morgan fingerprint density at radius 1 is 1.53 bits per heavy atom. The van der Waals surface area contributed by atoms with E-state index in [9.17, 15) is 8.42 Å². The fourth-order valence-electron chi connectivity index (χ4n) is 1.11. The van der Waals surface area contributed by atoms with Crippen molar-refractivity contribution in [2.45, 2.75) is 12.2 Å². The molecule has 8 heteroatoms. The molecule has 0 radical (unpaired) electrons. The monoisotopic (exact) mass is 336 g/mol. The summed E-state index contributed by atoms with van der Waals surface area (Å²) in [6.07, 6.45) is 1.14. The number of sulfone groups is 1. The van der Waals surface area contributed by atoms with Gasteiger partial charge in [0.2, 0.25) is 11.7 Å². The lowest BCUT2D eigenvalue weighted by Crippen LogP contribution is -2.07. The molecule has 0 unspecified atom stereocenters. The predicted octanol–water partition coefficient (Wildman–Crippen LogP) is 2.67. The lowest BCUT2D eigenvalue weighted by Gasteiger charge is -2.01. The van der Waals surface area contributed by atoms with Gasteiger partial charge >= 0.3 is 0 Å². The quantitative estimate of drug-likeness (QED) is 0.861. The molecule has 0 N–H and O–H groups in total. The zero-order chi connectivity index (χ0) is 12.6. The molecule has 2 rings (SSSR count). The topological polar surface area (TPSA) is 73.1 Å². The summed E-state index contributed by atoms with van der Waals surface area (Å²) in [5, 5.41) is 4.88. The zero-order valence-corrected chi connectivity index (χ0v) is 12.3. The van der Waals surface area contributed by atoms with E-state index in [1.807, 2.05) is 11.4 Å². The minimum Gasteiger partial charge on any atom is -0.338 e. The highest BCUT2D eigenvalue weighted by Gasteiger charge is 2.24. The molecule has 5 nitrogen and oxygen atoms in total. The van der Waals surface area contributed by atoms with Crippen LogP contribution in [0.25, 0.3) is 10.7 Å². The van der Waals surface area contributed by atoms with Gasteiger partial charge in [-0.1, -0.05) is 5.16 Å². The van der Waals surface area contributed by atoms with Crippen LogP contribution in [0.3, 0.4) is 0 Å². The van der Waals surface area contributed by atoms with Crippen molar-refractivity contribution >= 4 is 37.1 Å². The van der Waals surface area contributed by atoms with E-state index in [0.717, 1.165) is 15.6 Å². The van der Waals surface area contributed by atoms with Gasteiger partial charge in [0.15, 0.2) is 9.84 Å². The molecule has 2 aromatic rings. The largest absolute Gasteiger partial charge is 0.338 e. The summed E-state index contributed by atoms with van der Waals surface area (Å²) in [4.78, 5) is 4.92. The fraction of sp³-hybridized carbons (Fsp3) is 0.333. The molecule has 1 atom stereocenters. The van der Waals surface area contributed by atoms with Crippen LogP contribution in [0.2, 0.25) is 0 Å². The Balaban J connectivity index is 2.34. The molecule has 0 aliphatic rings. The summed E-state index contributed by atoms with van der Waals surface area (Å²) in [6.45, 7) is 1.52. The number of nitrogens with zero attached hydrogens (tertiary/aromatic N) is 2. The minimum absolute atomic E-state index is 0.118. The van der Waals surface area contributed by atoms with Crippen LogP contribution in [0.4, 0.5) is 0 Å². The number of rotatable bonds is 3. The highest BCUT2D eigenvalue weighted by Crippen LogP contribution is 2.29. The van der Waals surface area contributed by atoms with Gasteiger partial charge in [-0.25, -0.2) is 8.42 Å². The highest BCUT2D eigenvalue weighted by molar-refractivity contribution is 9.10. The van der Waals surface area contributed by atoms with Crippen LogP contribution in [-0.4, -0.2) is 24.8 Å². The van der Waals surface area contributed by atoms with Gasteiger partial charge in [-0.3, -0.25) is 0 Å². The number of aromatic nitrogens is 2. The van der Waals surface area contributed by atoms with Crippen molar-refractivity contribution in [2.75, 3.05) is 6.26 Å². The SMILES string of the molecule is C[C@H](c1nc(-c2cc(Br)cs2)no1)S(C)(=O)=O. The van der Waals surface area contributed by atoms with Gasteiger partial charge < -0.3 is 4.52 Å². The molecule has 0 fully saturated rings. The number of hydrogen-bond acceptors (Lipinski definition) is 6. The van der Waals surface area contributed by atoms with Gasteiger partial charge in [-0.2, -0.15) is 4.98 Å². The Morgan fingerprint density at radius 3 is 2.76 bits per heavy atom.